The minimum absolute atomic E-state index is 0.699. The Hall–Kier alpha value is -0.850. The van der Waals surface area contributed by atoms with E-state index in [0.717, 1.165) is 19.0 Å². The molecule has 0 aliphatic carbocycles. The van der Waals surface area contributed by atoms with Gasteiger partial charge in [0.2, 0.25) is 0 Å². The lowest BCUT2D eigenvalue weighted by atomic mass is 10.2. The van der Waals surface area contributed by atoms with Crippen LogP contribution in [0.4, 0.5) is 0 Å². The fourth-order valence-corrected chi connectivity index (χ4v) is 2.49. The molecule has 0 spiro atoms. The molecule has 0 unspecified atom stereocenters. The summed E-state index contributed by atoms with van der Waals surface area (Å²) in [5, 5.41) is 6.56. The average Bonchev–Trinajstić information content (AvgIpc) is 2.53. The minimum Gasteiger partial charge on any atom is -0.383 e. The molecule has 1 fully saturated rings. The zero-order chi connectivity index (χ0) is 15.3. The van der Waals surface area contributed by atoms with Gasteiger partial charge in [0.25, 0.3) is 0 Å². The smallest absolute Gasteiger partial charge is 0.191 e. The normalized spacial score (nSPS) is 18.0. The molecule has 1 rings (SSSR count). The first kappa shape index (κ1) is 18.2. The molecule has 0 bridgehead atoms. The first-order chi connectivity index (χ1) is 10.3. The number of piperazine rings is 1. The Labute approximate surface area is 129 Å². The topological polar surface area (TPSA) is 52.1 Å². The van der Waals surface area contributed by atoms with Gasteiger partial charge >= 0.3 is 0 Å². The monoisotopic (exact) mass is 299 g/mol. The van der Waals surface area contributed by atoms with Crippen molar-refractivity contribution in [1.29, 1.82) is 0 Å². The van der Waals surface area contributed by atoms with Crippen LogP contribution in [0.25, 0.3) is 0 Å². The van der Waals surface area contributed by atoms with Gasteiger partial charge in [-0.1, -0.05) is 6.92 Å². The Morgan fingerprint density at radius 1 is 1.05 bits per heavy atom. The van der Waals surface area contributed by atoms with Crippen molar-refractivity contribution in [3.63, 3.8) is 0 Å². The van der Waals surface area contributed by atoms with E-state index in [1.807, 2.05) is 0 Å². The summed E-state index contributed by atoms with van der Waals surface area (Å²) in [6.45, 7) is 12.0. The minimum atomic E-state index is 0.699. The highest BCUT2D eigenvalue weighted by Gasteiger charge is 2.14. The van der Waals surface area contributed by atoms with E-state index in [-0.39, 0.29) is 0 Å². The van der Waals surface area contributed by atoms with Crippen molar-refractivity contribution >= 4 is 5.96 Å². The van der Waals surface area contributed by atoms with Gasteiger partial charge < -0.3 is 25.2 Å². The van der Waals surface area contributed by atoms with Crippen molar-refractivity contribution in [3.8, 4) is 0 Å². The van der Waals surface area contributed by atoms with Gasteiger partial charge in [-0.3, -0.25) is 4.99 Å². The van der Waals surface area contributed by atoms with Crippen LogP contribution in [0.1, 0.15) is 19.8 Å². The molecule has 21 heavy (non-hydrogen) atoms. The molecular formula is C15H33N5O. The summed E-state index contributed by atoms with van der Waals surface area (Å²) >= 11 is 0. The third kappa shape index (κ3) is 8.24. The number of aliphatic imine (C=N–C) groups is 1. The van der Waals surface area contributed by atoms with Crippen molar-refractivity contribution in [2.24, 2.45) is 4.99 Å². The first-order valence-electron chi connectivity index (χ1n) is 8.18. The van der Waals surface area contributed by atoms with E-state index in [9.17, 15) is 0 Å². The van der Waals surface area contributed by atoms with Gasteiger partial charge in [0.1, 0.15) is 0 Å². The van der Waals surface area contributed by atoms with Crippen LogP contribution in [0, 0.1) is 0 Å². The van der Waals surface area contributed by atoms with Gasteiger partial charge in [0.05, 0.1) is 6.61 Å². The molecule has 1 saturated heterocycles. The lowest BCUT2D eigenvalue weighted by Crippen LogP contribution is -2.46. The van der Waals surface area contributed by atoms with Gasteiger partial charge in [-0.15, -0.1) is 0 Å². The molecule has 0 amide bonds. The maximum absolute atomic E-state index is 5.01. The van der Waals surface area contributed by atoms with Crippen molar-refractivity contribution in [1.82, 2.24) is 20.4 Å². The second-order valence-corrected chi connectivity index (χ2v) is 5.40. The quantitative estimate of drug-likeness (QED) is 0.362. The molecule has 0 aromatic heterocycles. The van der Waals surface area contributed by atoms with Crippen molar-refractivity contribution < 1.29 is 4.74 Å². The Balaban J connectivity index is 1.98. The number of ether oxygens (including phenoxy) is 1. The van der Waals surface area contributed by atoms with E-state index in [0.29, 0.717) is 6.61 Å². The average molecular weight is 299 g/mol. The fraction of sp³-hybridized carbons (Fsp3) is 0.933. The molecule has 1 heterocycles. The van der Waals surface area contributed by atoms with Crippen LogP contribution < -0.4 is 10.6 Å². The number of likely N-dealkylation sites (N-methyl/N-ethyl adjacent to an activating group) is 1. The molecule has 0 aromatic rings. The summed E-state index contributed by atoms with van der Waals surface area (Å²) in [5.74, 6) is 0.864. The Morgan fingerprint density at radius 2 is 1.71 bits per heavy atom. The maximum atomic E-state index is 5.01. The van der Waals surface area contributed by atoms with Crippen molar-refractivity contribution in [2.45, 2.75) is 19.8 Å². The number of guanidine groups is 1. The zero-order valence-corrected chi connectivity index (χ0v) is 14.0. The summed E-state index contributed by atoms with van der Waals surface area (Å²) in [4.78, 5) is 9.29. The lowest BCUT2D eigenvalue weighted by molar-refractivity contribution is 0.136. The van der Waals surface area contributed by atoms with Crippen molar-refractivity contribution in [3.05, 3.63) is 0 Å². The van der Waals surface area contributed by atoms with Crippen LogP contribution in [0.5, 0.6) is 0 Å². The van der Waals surface area contributed by atoms with Crippen LogP contribution in [0.15, 0.2) is 4.99 Å². The second-order valence-electron chi connectivity index (χ2n) is 5.40. The van der Waals surface area contributed by atoms with Crippen LogP contribution >= 0.6 is 0 Å². The summed E-state index contributed by atoms with van der Waals surface area (Å²) in [5.41, 5.74) is 0. The number of nitrogens with one attached hydrogen (secondary N) is 2. The van der Waals surface area contributed by atoms with E-state index in [4.69, 9.17) is 4.74 Å². The molecule has 6 nitrogen and oxygen atoms in total. The number of hydrogen-bond acceptors (Lipinski definition) is 4. The predicted molar refractivity (Wildman–Crippen MR) is 89.0 cm³/mol. The van der Waals surface area contributed by atoms with E-state index >= 15 is 0 Å². The SMILES string of the molecule is CCN1CCN(CCCCNC(=NC)NCCOC)CC1. The highest BCUT2D eigenvalue weighted by molar-refractivity contribution is 5.79. The van der Waals surface area contributed by atoms with E-state index in [1.54, 1.807) is 14.2 Å². The number of methoxy groups -OCH3 is 1. The van der Waals surface area contributed by atoms with E-state index < -0.39 is 0 Å². The molecule has 0 radical (unpaired) electrons. The van der Waals surface area contributed by atoms with Gasteiger partial charge in [-0.2, -0.15) is 0 Å². The number of rotatable bonds is 9. The van der Waals surface area contributed by atoms with Gasteiger partial charge in [0, 0.05) is 53.4 Å². The second kappa shape index (κ2) is 11.8. The number of hydrogen-bond donors (Lipinski definition) is 2. The third-order valence-corrected chi connectivity index (χ3v) is 3.93. The molecule has 2 N–H and O–H groups in total. The third-order valence-electron chi connectivity index (χ3n) is 3.93. The van der Waals surface area contributed by atoms with Crippen LogP contribution in [0.2, 0.25) is 0 Å². The van der Waals surface area contributed by atoms with Crippen LogP contribution in [-0.4, -0.2) is 88.9 Å². The number of nitrogens with zero attached hydrogens (tertiary/aromatic N) is 3. The maximum Gasteiger partial charge on any atom is 0.191 e. The standard InChI is InChI=1S/C15H33N5O/c1-4-19-10-12-20(13-11-19)9-6-5-7-17-15(16-2)18-8-14-21-3/h4-14H2,1-3H3,(H2,16,17,18). The predicted octanol–water partition coefficient (Wildman–Crippen LogP) is 0.216. The van der Waals surface area contributed by atoms with Crippen LogP contribution in [-0.2, 0) is 4.74 Å². The van der Waals surface area contributed by atoms with E-state index in [1.165, 1.54) is 52.1 Å². The summed E-state index contributed by atoms with van der Waals surface area (Å²) in [7, 11) is 3.51. The summed E-state index contributed by atoms with van der Waals surface area (Å²) in [6.07, 6.45) is 2.42. The highest BCUT2D eigenvalue weighted by Crippen LogP contribution is 2.02. The molecular weight excluding hydrogens is 266 g/mol. The Kier molecular flexibility index (Phi) is 10.2. The molecule has 0 aromatic carbocycles. The molecule has 0 saturated carbocycles. The zero-order valence-electron chi connectivity index (χ0n) is 14.0. The van der Waals surface area contributed by atoms with Gasteiger partial charge in [0.15, 0.2) is 5.96 Å². The molecule has 0 atom stereocenters. The largest absolute Gasteiger partial charge is 0.383 e. The first-order valence-corrected chi connectivity index (χ1v) is 8.18. The number of unbranched alkanes of at least 4 members (excludes halogenated alkanes) is 1. The molecule has 124 valence electrons. The van der Waals surface area contributed by atoms with Crippen LogP contribution in [0.3, 0.4) is 0 Å². The van der Waals surface area contributed by atoms with E-state index in [2.05, 4.69) is 32.3 Å². The van der Waals surface area contributed by atoms with Gasteiger partial charge in [-0.25, -0.2) is 0 Å². The molecule has 6 heteroatoms. The summed E-state index contributed by atoms with van der Waals surface area (Å²) in [6, 6.07) is 0. The van der Waals surface area contributed by atoms with Gasteiger partial charge in [-0.05, 0) is 25.9 Å². The Bertz CT molecular complexity index is 277. The fourth-order valence-electron chi connectivity index (χ4n) is 2.49. The lowest BCUT2D eigenvalue weighted by Gasteiger charge is -2.34. The highest BCUT2D eigenvalue weighted by atomic mass is 16.5. The van der Waals surface area contributed by atoms with Crippen molar-refractivity contribution in [2.75, 3.05) is 73.1 Å². The molecule has 1 aliphatic rings. The summed E-state index contributed by atoms with van der Waals surface area (Å²) < 4.78 is 5.01. The Morgan fingerprint density at radius 3 is 2.33 bits per heavy atom. The molecule has 1 aliphatic heterocycles.